The summed E-state index contributed by atoms with van der Waals surface area (Å²) in [5, 5.41) is 12.3. The van der Waals surface area contributed by atoms with Crippen LogP contribution in [0.5, 0.6) is 0 Å². The minimum Gasteiger partial charge on any atom is -0.378 e. The molecule has 3 heterocycles. The van der Waals surface area contributed by atoms with Crippen LogP contribution >= 0.6 is 11.9 Å². The summed E-state index contributed by atoms with van der Waals surface area (Å²) >= 11 is 1.25. The number of ether oxygens (including phenoxy) is 1. The lowest BCUT2D eigenvalue weighted by atomic mass is 10.1. The molecular formula is C24H28N8O3S. The minimum atomic E-state index is 0.566. The molecule has 1 fully saturated rings. The smallest absolute Gasteiger partial charge is 0.226 e. The average molecular weight is 509 g/mol. The summed E-state index contributed by atoms with van der Waals surface area (Å²) < 4.78 is 5.54. The highest BCUT2D eigenvalue weighted by molar-refractivity contribution is 7.97. The Kier molecular flexibility index (Phi) is 8.66. The lowest BCUT2D eigenvalue weighted by molar-refractivity contribution is 0.122. The molecule has 2 aromatic carbocycles. The lowest BCUT2D eigenvalue weighted by Crippen LogP contribution is -2.37. The zero-order valence-electron chi connectivity index (χ0n) is 19.9. The number of morpholine rings is 1. The van der Waals surface area contributed by atoms with Crippen molar-refractivity contribution in [2.75, 3.05) is 48.4 Å². The molecule has 2 aromatic heterocycles. The highest BCUT2D eigenvalue weighted by Gasteiger charge is 2.20. The number of aromatic nitrogens is 4. The molecule has 0 atom stereocenters. The van der Waals surface area contributed by atoms with E-state index in [1.807, 2.05) is 24.3 Å². The van der Waals surface area contributed by atoms with Crippen molar-refractivity contribution in [1.29, 1.82) is 0 Å². The van der Waals surface area contributed by atoms with Crippen LogP contribution in [0.4, 0.5) is 23.4 Å². The van der Waals surface area contributed by atoms with Gasteiger partial charge in [0, 0.05) is 40.1 Å². The SMILES string of the molecule is Cc1cccc(Nc2nc3nc(NCCc4ccc(SN)cc4)nc(N4CCOCC4)c3[nH]2)c1.O=O. The average Bonchev–Trinajstić information content (AvgIpc) is 3.32. The molecule has 11 nitrogen and oxygen atoms in total. The number of aromatic amines is 1. The maximum absolute atomic E-state index is 7.00. The number of H-pyrrole nitrogens is 1. The predicted octanol–water partition coefficient (Wildman–Crippen LogP) is 3.93. The topological polar surface area (TPSA) is 151 Å². The van der Waals surface area contributed by atoms with Gasteiger partial charge < -0.3 is 25.3 Å². The molecule has 0 bridgehead atoms. The summed E-state index contributed by atoms with van der Waals surface area (Å²) in [6, 6.07) is 16.4. The standard InChI is InChI=1S/C24H28N8OS.O2/c1-16-3-2-4-18(15-16)27-24-28-20-21(30-24)29-23(31-22(20)32-11-13-33-14-12-32)26-10-9-17-5-7-19(34-25)8-6-17;1-2/h2-8,15H,9-14,25H2,1H3,(H3,26,27,28,29,30,31);. The molecule has 188 valence electrons. The zero-order chi connectivity index (χ0) is 25.3. The van der Waals surface area contributed by atoms with Crippen LogP contribution in [0.1, 0.15) is 11.1 Å². The van der Waals surface area contributed by atoms with E-state index in [-0.39, 0.29) is 0 Å². The molecule has 1 aliphatic rings. The van der Waals surface area contributed by atoms with Gasteiger partial charge in [0.2, 0.25) is 11.9 Å². The summed E-state index contributed by atoms with van der Waals surface area (Å²) in [5.41, 5.74) is 4.82. The molecule has 1 saturated heterocycles. The van der Waals surface area contributed by atoms with Crippen LogP contribution in [0.3, 0.4) is 0 Å². The molecule has 0 saturated carbocycles. The van der Waals surface area contributed by atoms with Crippen LogP contribution in [0.25, 0.3) is 11.2 Å². The van der Waals surface area contributed by atoms with Crippen molar-refractivity contribution >= 4 is 46.5 Å². The van der Waals surface area contributed by atoms with Gasteiger partial charge in [-0.1, -0.05) is 24.3 Å². The number of rotatable bonds is 8. The van der Waals surface area contributed by atoms with Gasteiger partial charge in [-0.3, -0.25) is 5.14 Å². The molecule has 12 heteroatoms. The van der Waals surface area contributed by atoms with Gasteiger partial charge in [0.1, 0.15) is 5.52 Å². The molecule has 0 amide bonds. The van der Waals surface area contributed by atoms with Gasteiger partial charge >= 0.3 is 0 Å². The van der Waals surface area contributed by atoms with Crippen LogP contribution in [0.2, 0.25) is 0 Å². The number of anilines is 4. The van der Waals surface area contributed by atoms with Crippen molar-refractivity contribution in [1.82, 2.24) is 19.9 Å². The quantitative estimate of drug-likeness (QED) is 0.256. The van der Waals surface area contributed by atoms with E-state index in [0.717, 1.165) is 41.4 Å². The second kappa shape index (κ2) is 12.3. The number of aryl methyl sites for hydroxylation is 1. The van der Waals surface area contributed by atoms with Gasteiger partial charge in [-0.15, -0.1) is 0 Å². The van der Waals surface area contributed by atoms with Gasteiger partial charge in [-0.05, 0) is 60.7 Å². The molecule has 36 heavy (non-hydrogen) atoms. The molecule has 4 aromatic rings. The number of fused-ring (bicyclic) bond motifs is 1. The first kappa shape index (κ1) is 25.4. The summed E-state index contributed by atoms with van der Waals surface area (Å²) in [7, 11) is 0. The Hall–Kier alpha value is -3.74. The Morgan fingerprint density at radius 1 is 1.08 bits per heavy atom. The Morgan fingerprint density at radius 3 is 2.58 bits per heavy atom. The van der Waals surface area contributed by atoms with Crippen LogP contribution < -0.4 is 20.7 Å². The number of nitrogens with one attached hydrogen (secondary N) is 3. The summed E-state index contributed by atoms with van der Waals surface area (Å²) in [6.45, 7) is 5.67. The third-order valence-electron chi connectivity index (χ3n) is 5.68. The van der Waals surface area contributed by atoms with Gasteiger partial charge in [0.15, 0.2) is 11.5 Å². The van der Waals surface area contributed by atoms with Gasteiger partial charge in [-0.25, -0.2) is 0 Å². The number of hydrogen-bond acceptors (Lipinski definition) is 11. The zero-order valence-corrected chi connectivity index (χ0v) is 20.7. The fourth-order valence-electron chi connectivity index (χ4n) is 3.94. The summed E-state index contributed by atoms with van der Waals surface area (Å²) in [6.07, 6.45) is 0.852. The molecule has 0 spiro atoms. The molecule has 1 aliphatic heterocycles. The maximum Gasteiger partial charge on any atom is 0.226 e. The van der Waals surface area contributed by atoms with Gasteiger partial charge in [-0.2, -0.15) is 15.0 Å². The van der Waals surface area contributed by atoms with Crippen molar-refractivity contribution in [2.24, 2.45) is 5.14 Å². The largest absolute Gasteiger partial charge is 0.378 e. The molecule has 0 radical (unpaired) electrons. The first-order chi connectivity index (χ1) is 17.7. The summed E-state index contributed by atoms with van der Waals surface area (Å²) in [4.78, 5) is 34.9. The van der Waals surface area contributed by atoms with Crippen LogP contribution in [0, 0.1) is 16.9 Å². The highest BCUT2D eigenvalue weighted by Crippen LogP contribution is 2.27. The van der Waals surface area contributed by atoms with Gasteiger partial charge in [0.05, 0.1) is 13.2 Å². The van der Waals surface area contributed by atoms with Gasteiger partial charge in [0.25, 0.3) is 0 Å². The van der Waals surface area contributed by atoms with Crippen molar-refractivity contribution < 1.29 is 4.74 Å². The second-order valence-corrected chi connectivity index (χ2v) is 8.89. The number of benzene rings is 2. The number of imidazole rings is 1. The third-order valence-corrected chi connectivity index (χ3v) is 6.22. The van der Waals surface area contributed by atoms with Crippen LogP contribution in [-0.2, 0) is 11.2 Å². The Balaban J connectivity index is 0.00000148. The fraction of sp³-hybridized carbons (Fsp3) is 0.292. The highest BCUT2D eigenvalue weighted by atomic mass is 32.2. The molecule has 5 rings (SSSR count). The molecule has 0 unspecified atom stereocenters. The number of nitrogens with zero attached hydrogens (tertiary/aromatic N) is 4. The van der Waals surface area contributed by atoms with E-state index in [0.29, 0.717) is 37.3 Å². The normalized spacial score (nSPS) is 13.2. The van der Waals surface area contributed by atoms with Crippen LogP contribution in [-0.4, -0.2) is 52.8 Å². The van der Waals surface area contributed by atoms with E-state index < -0.39 is 0 Å². The second-order valence-electron chi connectivity index (χ2n) is 8.19. The van der Waals surface area contributed by atoms with E-state index in [4.69, 9.17) is 29.8 Å². The fourth-order valence-corrected chi connectivity index (χ4v) is 4.23. The van der Waals surface area contributed by atoms with Crippen molar-refractivity contribution in [2.45, 2.75) is 18.2 Å². The molecular weight excluding hydrogens is 480 g/mol. The molecule has 5 N–H and O–H groups in total. The third kappa shape index (κ3) is 6.27. The Bertz CT molecular complexity index is 1280. The Labute approximate surface area is 212 Å². The van der Waals surface area contributed by atoms with Crippen LogP contribution in [0.15, 0.2) is 53.4 Å². The number of hydrogen-bond donors (Lipinski definition) is 4. The first-order valence-electron chi connectivity index (χ1n) is 11.5. The monoisotopic (exact) mass is 508 g/mol. The van der Waals surface area contributed by atoms with Crippen molar-refractivity contribution in [3.63, 3.8) is 0 Å². The van der Waals surface area contributed by atoms with E-state index in [1.165, 1.54) is 23.1 Å². The van der Waals surface area contributed by atoms with E-state index >= 15 is 0 Å². The van der Waals surface area contributed by atoms with E-state index in [1.54, 1.807) is 0 Å². The maximum atomic E-state index is 7.00. The minimum absolute atomic E-state index is 0.566. The lowest BCUT2D eigenvalue weighted by Gasteiger charge is -2.28. The predicted molar refractivity (Wildman–Crippen MR) is 145 cm³/mol. The van der Waals surface area contributed by atoms with Crippen molar-refractivity contribution in [3.05, 3.63) is 69.6 Å². The van der Waals surface area contributed by atoms with E-state index in [2.05, 4.69) is 56.7 Å². The number of nitrogens with two attached hydrogens (primary N) is 1. The van der Waals surface area contributed by atoms with Crippen molar-refractivity contribution in [3.8, 4) is 0 Å². The first-order valence-corrected chi connectivity index (χ1v) is 12.4. The summed E-state index contributed by atoms with van der Waals surface area (Å²) in [5.74, 6) is 2.04. The Morgan fingerprint density at radius 2 is 1.86 bits per heavy atom. The van der Waals surface area contributed by atoms with E-state index in [9.17, 15) is 0 Å². The molecule has 0 aliphatic carbocycles.